The molecule has 0 saturated carbocycles. The van der Waals surface area contributed by atoms with E-state index in [0.29, 0.717) is 5.33 Å². The third-order valence-electron chi connectivity index (χ3n) is 3.34. The van der Waals surface area contributed by atoms with Crippen molar-refractivity contribution in [3.63, 3.8) is 0 Å². The summed E-state index contributed by atoms with van der Waals surface area (Å²) < 4.78 is 33.1. The van der Waals surface area contributed by atoms with Crippen LogP contribution >= 0.6 is 27.5 Å². The summed E-state index contributed by atoms with van der Waals surface area (Å²) in [5, 5.41) is 10.8. The van der Waals surface area contributed by atoms with Gasteiger partial charge in [-0.2, -0.15) is 0 Å². The summed E-state index contributed by atoms with van der Waals surface area (Å²) in [6, 6.07) is 6.17. The number of phenols is 1. The largest absolute Gasteiger partial charge is 0.507 e. The lowest BCUT2D eigenvalue weighted by Gasteiger charge is -2.17. The van der Waals surface area contributed by atoms with Gasteiger partial charge in [0.15, 0.2) is 0 Å². The lowest BCUT2D eigenvalue weighted by Crippen LogP contribution is -2.20. The highest BCUT2D eigenvalue weighted by Gasteiger charge is 2.20. The van der Waals surface area contributed by atoms with Gasteiger partial charge in [-0.25, -0.2) is 8.78 Å². The highest BCUT2D eigenvalue weighted by molar-refractivity contribution is 9.09. The predicted molar refractivity (Wildman–Crippen MR) is 91.5 cm³/mol. The number of carbonyl (C=O) groups excluding carboxylic acids is 1. The van der Waals surface area contributed by atoms with Crippen LogP contribution in [0.15, 0.2) is 30.3 Å². The number of aromatic hydroxyl groups is 1. The molecule has 0 heterocycles. The number of hydrogen-bond donors (Lipinski definition) is 1. The van der Waals surface area contributed by atoms with Crippen molar-refractivity contribution in [2.24, 2.45) is 0 Å². The zero-order valence-electron chi connectivity index (χ0n) is 12.7. The first-order valence-electron chi connectivity index (χ1n) is 7.02. The van der Waals surface area contributed by atoms with Crippen molar-refractivity contribution in [2.75, 3.05) is 5.33 Å². The van der Waals surface area contributed by atoms with Crippen molar-refractivity contribution in [1.82, 2.24) is 0 Å². The van der Waals surface area contributed by atoms with Gasteiger partial charge in [0.25, 0.3) is 0 Å². The maximum atomic E-state index is 14.1. The van der Waals surface area contributed by atoms with Crippen molar-refractivity contribution in [2.45, 2.75) is 19.4 Å². The lowest BCUT2D eigenvalue weighted by molar-refractivity contribution is -0.145. The van der Waals surface area contributed by atoms with Gasteiger partial charge in [0.05, 0.1) is 5.02 Å². The van der Waals surface area contributed by atoms with Crippen molar-refractivity contribution < 1.29 is 23.4 Å². The molecule has 2 aromatic rings. The second kappa shape index (κ2) is 7.94. The van der Waals surface area contributed by atoms with Gasteiger partial charge in [-0.05, 0) is 24.3 Å². The molecule has 1 N–H and O–H groups in total. The average Bonchev–Trinajstić information content (AvgIpc) is 2.50. The second-order valence-corrected chi connectivity index (χ2v) is 6.20. The molecule has 128 valence electrons. The van der Waals surface area contributed by atoms with Crippen molar-refractivity contribution in [3.05, 3.63) is 52.6 Å². The van der Waals surface area contributed by atoms with Crippen LogP contribution < -0.4 is 0 Å². The summed E-state index contributed by atoms with van der Waals surface area (Å²) in [5.41, 5.74) is 0.0552. The van der Waals surface area contributed by atoms with Crippen LogP contribution in [-0.2, 0) is 16.0 Å². The number of alkyl halides is 1. The molecular weight excluding hydrogens is 406 g/mol. The van der Waals surface area contributed by atoms with E-state index in [2.05, 4.69) is 15.9 Å². The maximum Gasteiger partial charge on any atom is 0.302 e. The number of hydrogen-bond acceptors (Lipinski definition) is 3. The molecule has 1 atom stereocenters. The Morgan fingerprint density at radius 1 is 1.38 bits per heavy atom. The zero-order chi connectivity index (χ0) is 17.9. The summed E-state index contributed by atoms with van der Waals surface area (Å²) in [6.45, 7) is 1.26. The quantitative estimate of drug-likeness (QED) is 0.556. The van der Waals surface area contributed by atoms with Crippen LogP contribution in [-0.4, -0.2) is 22.5 Å². The van der Waals surface area contributed by atoms with Gasteiger partial charge >= 0.3 is 5.97 Å². The van der Waals surface area contributed by atoms with E-state index in [1.54, 1.807) is 0 Å². The summed E-state index contributed by atoms with van der Waals surface area (Å²) in [7, 11) is 0. The number of halogens is 4. The molecule has 0 aliphatic carbocycles. The second-order valence-electron chi connectivity index (χ2n) is 5.15. The van der Waals surface area contributed by atoms with E-state index in [4.69, 9.17) is 16.3 Å². The van der Waals surface area contributed by atoms with Gasteiger partial charge in [-0.1, -0.05) is 33.6 Å². The normalized spacial score (nSPS) is 12.0. The first kappa shape index (κ1) is 18.7. The van der Waals surface area contributed by atoms with Crippen LogP contribution in [0.1, 0.15) is 12.5 Å². The van der Waals surface area contributed by atoms with Gasteiger partial charge in [0.2, 0.25) is 0 Å². The first-order chi connectivity index (χ1) is 11.3. The smallest absolute Gasteiger partial charge is 0.302 e. The van der Waals surface area contributed by atoms with Crippen molar-refractivity contribution in [1.29, 1.82) is 0 Å². The Kier molecular flexibility index (Phi) is 6.18. The topological polar surface area (TPSA) is 46.5 Å². The molecule has 0 saturated heterocycles. The van der Waals surface area contributed by atoms with E-state index < -0.39 is 23.7 Å². The monoisotopic (exact) mass is 418 g/mol. The summed E-state index contributed by atoms with van der Waals surface area (Å²) in [4.78, 5) is 11.1. The minimum Gasteiger partial charge on any atom is -0.507 e. The summed E-state index contributed by atoms with van der Waals surface area (Å²) >= 11 is 9.19. The molecule has 7 heteroatoms. The van der Waals surface area contributed by atoms with Gasteiger partial charge in [-0.3, -0.25) is 4.79 Å². The zero-order valence-corrected chi connectivity index (χ0v) is 15.0. The Labute approximate surface area is 151 Å². The van der Waals surface area contributed by atoms with Crippen molar-refractivity contribution >= 4 is 33.5 Å². The third kappa shape index (κ3) is 4.24. The highest BCUT2D eigenvalue weighted by Crippen LogP contribution is 2.39. The molecule has 0 aliphatic rings. The molecular formula is C17H14BrClF2O3. The van der Waals surface area contributed by atoms with Crippen LogP contribution in [0.3, 0.4) is 0 Å². The predicted octanol–water partition coefficient (Wildman–Crippen LogP) is 4.86. The minimum absolute atomic E-state index is 0.0516. The number of carbonyl (C=O) groups is 1. The molecule has 0 amide bonds. The molecule has 2 rings (SSSR count). The Balaban J connectivity index is 2.49. The molecule has 3 nitrogen and oxygen atoms in total. The Hall–Kier alpha value is -1.66. The van der Waals surface area contributed by atoms with E-state index in [0.717, 1.165) is 12.1 Å². The first-order valence-corrected chi connectivity index (χ1v) is 8.52. The Morgan fingerprint density at radius 2 is 2.08 bits per heavy atom. The number of ether oxygens (including phenoxy) is 1. The third-order valence-corrected chi connectivity index (χ3v) is 4.38. The van der Waals surface area contributed by atoms with Crippen LogP contribution in [0.25, 0.3) is 11.1 Å². The minimum atomic E-state index is -0.675. The van der Waals surface area contributed by atoms with Crippen LogP contribution in [0, 0.1) is 11.6 Å². The van der Waals surface area contributed by atoms with E-state index in [1.165, 1.54) is 25.1 Å². The molecule has 0 fully saturated rings. The van der Waals surface area contributed by atoms with E-state index in [-0.39, 0.29) is 33.9 Å². The summed E-state index contributed by atoms with van der Waals surface area (Å²) in [5.74, 6) is -2.13. The van der Waals surface area contributed by atoms with Gasteiger partial charge in [0.1, 0.15) is 23.5 Å². The Morgan fingerprint density at radius 3 is 2.67 bits per heavy atom. The molecule has 0 bridgehead atoms. The van der Waals surface area contributed by atoms with Crippen LogP contribution in [0.2, 0.25) is 5.02 Å². The van der Waals surface area contributed by atoms with E-state index in [1.807, 2.05) is 0 Å². The van der Waals surface area contributed by atoms with Crippen molar-refractivity contribution in [3.8, 4) is 16.9 Å². The molecule has 2 aromatic carbocycles. The number of phenolic OH excluding ortho intramolecular Hbond substituents is 1. The molecule has 24 heavy (non-hydrogen) atoms. The standard InChI is InChI=1S/C17H14BrClF2O3/c1-9(22)24-12(8-18)6-10-5-11(20)7-13(17(10)23)16-14(19)3-2-4-15(16)21/h2-5,7,12,23H,6,8H2,1H3/t12-/m0/s1. The Bertz CT molecular complexity index is 747. The highest BCUT2D eigenvalue weighted by atomic mass is 79.9. The van der Waals surface area contributed by atoms with E-state index in [9.17, 15) is 18.7 Å². The van der Waals surface area contributed by atoms with Gasteiger partial charge < -0.3 is 9.84 Å². The van der Waals surface area contributed by atoms with Gasteiger partial charge in [-0.15, -0.1) is 0 Å². The van der Waals surface area contributed by atoms with Gasteiger partial charge in [0, 0.05) is 35.4 Å². The number of rotatable bonds is 5. The number of benzene rings is 2. The van der Waals surface area contributed by atoms with E-state index >= 15 is 0 Å². The molecule has 0 aliphatic heterocycles. The number of esters is 1. The summed E-state index contributed by atoms with van der Waals surface area (Å²) in [6.07, 6.45) is -0.535. The molecule has 0 spiro atoms. The average molecular weight is 420 g/mol. The lowest BCUT2D eigenvalue weighted by atomic mass is 9.98. The molecule has 0 radical (unpaired) electrons. The fourth-order valence-corrected chi connectivity index (χ4v) is 2.99. The SMILES string of the molecule is CC(=O)O[C@H](CBr)Cc1cc(F)cc(-c2c(F)cccc2Cl)c1O. The maximum absolute atomic E-state index is 14.1. The molecule has 0 unspecified atom stereocenters. The fraction of sp³-hybridized carbons (Fsp3) is 0.235. The molecule has 0 aromatic heterocycles. The fourth-order valence-electron chi connectivity index (χ4n) is 2.36. The van der Waals surface area contributed by atoms with Crippen LogP contribution in [0.4, 0.5) is 8.78 Å². The van der Waals surface area contributed by atoms with Crippen LogP contribution in [0.5, 0.6) is 5.75 Å².